The number of fused-ring (bicyclic) bond motifs is 1. The number of amides is 2. The molecule has 7 heteroatoms. The van der Waals surface area contributed by atoms with Crippen LogP contribution in [0.3, 0.4) is 0 Å². The van der Waals surface area contributed by atoms with Crippen LogP contribution in [0, 0.1) is 0 Å². The van der Waals surface area contributed by atoms with Crippen molar-refractivity contribution in [2.75, 3.05) is 11.9 Å². The highest BCUT2D eigenvalue weighted by molar-refractivity contribution is 5.99. The topological polar surface area (TPSA) is 98.3 Å². The van der Waals surface area contributed by atoms with Crippen molar-refractivity contribution < 1.29 is 14.7 Å². The van der Waals surface area contributed by atoms with Crippen molar-refractivity contribution in [1.82, 2.24) is 15.1 Å². The zero-order valence-electron chi connectivity index (χ0n) is 14.6. The maximum atomic E-state index is 12.8. The molecule has 1 aromatic heterocycles. The third kappa shape index (κ3) is 3.41. The summed E-state index contributed by atoms with van der Waals surface area (Å²) in [5, 5.41) is 21.0. The molecule has 4 rings (SSSR count). The molecule has 0 bridgehead atoms. The quantitative estimate of drug-likeness (QED) is 0.661. The van der Waals surface area contributed by atoms with E-state index in [0.29, 0.717) is 24.2 Å². The Kier molecular flexibility index (Phi) is 4.60. The van der Waals surface area contributed by atoms with Crippen molar-refractivity contribution in [3.8, 4) is 0 Å². The minimum absolute atomic E-state index is 0.246. The van der Waals surface area contributed by atoms with Gasteiger partial charge in [0, 0.05) is 17.6 Å². The summed E-state index contributed by atoms with van der Waals surface area (Å²) in [4.78, 5) is 27.0. The standard InChI is InChI=1S/C20H20N4O3/c25-18(13-5-2-1-3-6-13)20(27)24-10-4-7-17(24)19(26)22-15-8-9-16-14(11-15)12-21-23-16/h1-3,5-6,8-9,11-12,17-18,25H,4,7,10H2,(H,21,23)(H,22,26)/t17-,18?/m0/s1. The fraction of sp³-hybridized carbons (Fsp3) is 0.250. The van der Waals surface area contributed by atoms with Gasteiger partial charge in [-0.25, -0.2) is 0 Å². The lowest BCUT2D eigenvalue weighted by Crippen LogP contribution is -2.45. The molecule has 1 aliphatic rings. The number of carbonyl (C=O) groups is 2. The lowest BCUT2D eigenvalue weighted by molar-refractivity contribution is -0.144. The van der Waals surface area contributed by atoms with Crippen LogP contribution in [0.1, 0.15) is 24.5 Å². The van der Waals surface area contributed by atoms with Crippen molar-refractivity contribution in [1.29, 1.82) is 0 Å². The first-order chi connectivity index (χ1) is 13.1. The van der Waals surface area contributed by atoms with E-state index in [9.17, 15) is 14.7 Å². The first-order valence-corrected chi connectivity index (χ1v) is 8.91. The van der Waals surface area contributed by atoms with Gasteiger partial charge in [-0.05, 0) is 36.6 Å². The number of H-pyrrole nitrogens is 1. The number of aliphatic hydroxyl groups is 1. The van der Waals surface area contributed by atoms with Crippen LogP contribution in [0.2, 0.25) is 0 Å². The normalized spacial score (nSPS) is 17.8. The summed E-state index contributed by atoms with van der Waals surface area (Å²) in [6.45, 7) is 0.460. The average molecular weight is 364 g/mol. The zero-order chi connectivity index (χ0) is 18.8. The number of hydrogen-bond acceptors (Lipinski definition) is 4. The molecule has 3 aromatic rings. The fourth-order valence-electron chi connectivity index (χ4n) is 3.48. The molecule has 0 spiro atoms. The Hall–Kier alpha value is -3.19. The molecule has 3 N–H and O–H groups in total. The van der Waals surface area contributed by atoms with E-state index in [-0.39, 0.29) is 5.91 Å². The lowest BCUT2D eigenvalue weighted by atomic mass is 10.1. The number of likely N-dealkylation sites (tertiary alicyclic amines) is 1. The maximum Gasteiger partial charge on any atom is 0.256 e. The smallest absolute Gasteiger partial charge is 0.256 e. The van der Waals surface area contributed by atoms with E-state index >= 15 is 0 Å². The number of nitrogens with zero attached hydrogens (tertiary/aromatic N) is 2. The molecule has 1 fully saturated rings. The van der Waals surface area contributed by atoms with Gasteiger partial charge in [-0.2, -0.15) is 5.10 Å². The van der Waals surface area contributed by atoms with Crippen molar-refractivity contribution in [3.63, 3.8) is 0 Å². The second kappa shape index (κ2) is 7.20. The van der Waals surface area contributed by atoms with Gasteiger partial charge in [-0.1, -0.05) is 30.3 Å². The Labute approximate surface area is 156 Å². The largest absolute Gasteiger partial charge is 0.378 e. The third-order valence-corrected chi connectivity index (χ3v) is 4.90. The monoisotopic (exact) mass is 364 g/mol. The molecule has 2 heterocycles. The van der Waals surface area contributed by atoms with Gasteiger partial charge in [0.05, 0.1) is 11.7 Å². The number of hydrogen-bond donors (Lipinski definition) is 3. The number of aliphatic hydroxyl groups excluding tert-OH is 1. The number of aromatic nitrogens is 2. The number of carbonyl (C=O) groups excluding carboxylic acids is 2. The molecule has 1 aliphatic heterocycles. The highest BCUT2D eigenvalue weighted by Gasteiger charge is 2.37. The second-order valence-electron chi connectivity index (χ2n) is 6.66. The van der Waals surface area contributed by atoms with E-state index in [1.54, 1.807) is 36.5 Å². The molecule has 0 aliphatic carbocycles. The van der Waals surface area contributed by atoms with Gasteiger partial charge in [0.1, 0.15) is 6.04 Å². The summed E-state index contributed by atoms with van der Waals surface area (Å²) < 4.78 is 0. The number of aromatic amines is 1. The molecular weight excluding hydrogens is 344 g/mol. The molecule has 0 saturated carbocycles. The van der Waals surface area contributed by atoms with E-state index < -0.39 is 18.1 Å². The third-order valence-electron chi connectivity index (χ3n) is 4.90. The van der Waals surface area contributed by atoms with Crippen LogP contribution in [0.25, 0.3) is 10.9 Å². The lowest BCUT2D eigenvalue weighted by Gasteiger charge is -2.26. The molecule has 2 aromatic carbocycles. The van der Waals surface area contributed by atoms with Crippen LogP contribution in [0.4, 0.5) is 5.69 Å². The highest BCUT2D eigenvalue weighted by Crippen LogP contribution is 2.25. The van der Waals surface area contributed by atoms with Crippen LogP contribution in [-0.4, -0.2) is 44.6 Å². The highest BCUT2D eigenvalue weighted by atomic mass is 16.3. The Bertz CT molecular complexity index is 970. The average Bonchev–Trinajstić information content (AvgIpc) is 3.36. The minimum atomic E-state index is -1.26. The molecule has 1 unspecified atom stereocenters. The predicted octanol–water partition coefficient (Wildman–Crippen LogP) is 2.23. The van der Waals surface area contributed by atoms with Gasteiger partial charge in [-0.3, -0.25) is 14.7 Å². The van der Waals surface area contributed by atoms with Crippen LogP contribution < -0.4 is 5.32 Å². The van der Waals surface area contributed by atoms with E-state index in [2.05, 4.69) is 15.5 Å². The Morgan fingerprint density at radius 2 is 2.04 bits per heavy atom. The van der Waals surface area contributed by atoms with Gasteiger partial charge < -0.3 is 15.3 Å². The van der Waals surface area contributed by atoms with Crippen LogP contribution in [-0.2, 0) is 9.59 Å². The molecule has 2 amide bonds. The number of benzene rings is 2. The van der Waals surface area contributed by atoms with Gasteiger partial charge in [0.2, 0.25) is 5.91 Å². The minimum Gasteiger partial charge on any atom is -0.378 e. The Morgan fingerprint density at radius 3 is 2.85 bits per heavy atom. The van der Waals surface area contributed by atoms with E-state index in [1.165, 1.54) is 4.90 Å². The molecular formula is C20H20N4O3. The Balaban J connectivity index is 1.48. The number of anilines is 1. The summed E-state index contributed by atoms with van der Waals surface area (Å²) in [7, 11) is 0. The van der Waals surface area contributed by atoms with Crippen molar-refractivity contribution in [2.24, 2.45) is 0 Å². The molecule has 2 atom stereocenters. The summed E-state index contributed by atoms with van der Waals surface area (Å²) in [6, 6.07) is 13.6. The SMILES string of the molecule is O=C(Nc1ccc2[nH]ncc2c1)[C@@H]1CCCN1C(=O)C(O)c1ccccc1. The van der Waals surface area contributed by atoms with Gasteiger partial charge in [0.25, 0.3) is 5.91 Å². The number of rotatable bonds is 4. The first-order valence-electron chi connectivity index (χ1n) is 8.91. The summed E-state index contributed by atoms with van der Waals surface area (Å²) in [5.74, 6) is -0.687. The second-order valence-corrected chi connectivity index (χ2v) is 6.66. The summed E-state index contributed by atoms with van der Waals surface area (Å²) in [6.07, 6.45) is 1.73. The Morgan fingerprint density at radius 1 is 1.22 bits per heavy atom. The zero-order valence-corrected chi connectivity index (χ0v) is 14.6. The molecule has 1 saturated heterocycles. The first kappa shape index (κ1) is 17.2. The van der Waals surface area contributed by atoms with E-state index in [1.807, 2.05) is 18.2 Å². The van der Waals surface area contributed by atoms with Gasteiger partial charge in [-0.15, -0.1) is 0 Å². The molecule has 27 heavy (non-hydrogen) atoms. The van der Waals surface area contributed by atoms with Gasteiger partial charge >= 0.3 is 0 Å². The van der Waals surface area contributed by atoms with Crippen molar-refractivity contribution >= 4 is 28.4 Å². The predicted molar refractivity (Wildman–Crippen MR) is 101 cm³/mol. The van der Waals surface area contributed by atoms with Crippen LogP contribution in [0.5, 0.6) is 0 Å². The van der Waals surface area contributed by atoms with Crippen LogP contribution >= 0.6 is 0 Å². The summed E-state index contributed by atoms with van der Waals surface area (Å²) in [5.41, 5.74) is 2.06. The van der Waals surface area contributed by atoms with Crippen molar-refractivity contribution in [3.05, 3.63) is 60.3 Å². The molecule has 138 valence electrons. The van der Waals surface area contributed by atoms with Crippen molar-refractivity contribution in [2.45, 2.75) is 25.0 Å². The fourth-order valence-corrected chi connectivity index (χ4v) is 3.48. The van der Waals surface area contributed by atoms with E-state index in [4.69, 9.17) is 0 Å². The summed E-state index contributed by atoms with van der Waals surface area (Å²) >= 11 is 0. The maximum absolute atomic E-state index is 12.8. The number of nitrogens with one attached hydrogen (secondary N) is 2. The molecule has 7 nitrogen and oxygen atoms in total. The van der Waals surface area contributed by atoms with Crippen LogP contribution in [0.15, 0.2) is 54.7 Å². The van der Waals surface area contributed by atoms with Gasteiger partial charge in [0.15, 0.2) is 6.10 Å². The van der Waals surface area contributed by atoms with E-state index in [0.717, 1.165) is 17.3 Å². The molecule has 0 radical (unpaired) electrons.